The molecule has 29 heavy (non-hydrogen) atoms. The van der Waals surface area contributed by atoms with E-state index in [1.165, 1.54) is 24.5 Å². The number of halogens is 3. The van der Waals surface area contributed by atoms with E-state index in [2.05, 4.69) is 20.0 Å². The van der Waals surface area contributed by atoms with Crippen LogP contribution in [0.3, 0.4) is 0 Å². The van der Waals surface area contributed by atoms with Crippen molar-refractivity contribution < 1.29 is 32.5 Å². The van der Waals surface area contributed by atoms with Crippen molar-refractivity contribution in [2.45, 2.75) is 25.3 Å². The number of nitrogens with one attached hydrogen (secondary N) is 1. The number of nitrogens with two attached hydrogens (primary N) is 1. The molecule has 0 radical (unpaired) electrons. The van der Waals surface area contributed by atoms with Gasteiger partial charge in [-0.15, -0.1) is 13.2 Å². The van der Waals surface area contributed by atoms with Crippen molar-refractivity contribution >= 4 is 17.2 Å². The molecule has 1 aromatic carbocycles. The number of carbonyl (C=O) groups is 1. The van der Waals surface area contributed by atoms with Crippen LogP contribution in [0.2, 0.25) is 0 Å². The predicted molar refractivity (Wildman–Crippen MR) is 95.8 cm³/mol. The van der Waals surface area contributed by atoms with Gasteiger partial charge in [0.25, 0.3) is 5.91 Å². The summed E-state index contributed by atoms with van der Waals surface area (Å²) in [4.78, 5) is 20.4. The van der Waals surface area contributed by atoms with E-state index >= 15 is 0 Å². The first kappa shape index (κ1) is 20.4. The molecule has 4 N–H and O–H groups in total. The lowest BCUT2D eigenvalue weighted by molar-refractivity contribution is -0.274. The molecule has 2 heterocycles. The SMILES string of the molecule is C[C@]1(CO)Cc2cc(NC(=O)C(=CN)c3ncccn3)c(OC(F)(F)F)cc2O1. The lowest BCUT2D eigenvalue weighted by Gasteiger charge is -2.20. The Labute approximate surface area is 163 Å². The third kappa shape index (κ3) is 4.57. The molecule has 3 rings (SSSR count). The average molecular weight is 410 g/mol. The molecule has 2 aromatic rings. The van der Waals surface area contributed by atoms with Crippen molar-refractivity contribution in [2.75, 3.05) is 11.9 Å². The zero-order valence-corrected chi connectivity index (χ0v) is 15.2. The van der Waals surface area contributed by atoms with Crippen molar-refractivity contribution in [1.82, 2.24) is 9.97 Å². The zero-order valence-electron chi connectivity index (χ0n) is 15.2. The number of hydrogen-bond donors (Lipinski definition) is 3. The molecule has 0 saturated carbocycles. The third-order valence-corrected chi connectivity index (χ3v) is 4.11. The van der Waals surface area contributed by atoms with Gasteiger partial charge >= 0.3 is 6.36 Å². The summed E-state index contributed by atoms with van der Waals surface area (Å²) < 4.78 is 48.1. The van der Waals surface area contributed by atoms with Crippen LogP contribution in [0.15, 0.2) is 36.8 Å². The standard InChI is InChI=1S/C18H17F3N4O4/c1-17(9-26)7-10-5-12(14(6-13(10)28-17)29-18(19,20)21)25-16(27)11(8-22)15-23-3-2-4-24-15/h2-6,8,26H,7,9,22H2,1H3,(H,25,27)/t17-/m1/s1. The van der Waals surface area contributed by atoms with Gasteiger partial charge in [0.15, 0.2) is 11.6 Å². The normalized spacial score (nSPS) is 18.7. The van der Waals surface area contributed by atoms with Crippen LogP contribution in [-0.4, -0.2) is 39.6 Å². The van der Waals surface area contributed by atoms with E-state index in [1.54, 1.807) is 6.92 Å². The van der Waals surface area contributed by atoms with E-state index in [1.807, 2.05) is 0 Å². The molecule has 154 valence electrons. The highest BCUT2D eigenvalue weighted by molar-refractivity contribution is 6.24. The van der Waals surface area contributed by atoms with Gasteiger partial charge in [0.2, 0.25) is 0 Å². The molecule has 1 aliphatic heterocycles. The molecule has 1 amide bonds. The third-order valence-electron chi connectivity index (χ3n) is 4.11. The van der Waals surface area contributed by atoms with Crippen LogP contribution in [0.5, 0.6) is 11.5 Å². The molecule has 0 spiro atoms. The van der Waals surface area contributed by atoms with Gasteiger partial charge in [-0.3, -0.25) is 4.79 Å². The summed E-state index contributed by atoms with van der Waals surface area (Å²) in [6.07, 6.45) is -1.04. The summed E-state index contributed by atoms with van der Waals surface area (Å²) in [5.41, 5.74) is 4.61. The summed E-state index contributed by atoms with van der Waals surface area (Å²) in [7, 11) is 0. The highest BCUT2D eigenvalue weighted by Crippen LogP contribution is 2.43. The first-order chi connectivity index (χ1) is 13.6. The van der Waals surface area contributed by atoms with Crippen molar-refractivity contribution in [3.8, 4) is 11.5 Å². The molecule has 8 nitrogen and oxygen atoms in total. The van der Waals surface area contributed by atoms with Crippen LogP contribution in [0.25, 0.3) is 5.57 Å². The first-order valence-electron chi connectivity index (χ1n) is 8.37. The predicted octanol–water partition coefficient (Wildman–Crippen LogP) is 2.00. The van der Waals surface area contributed by atoms with Crippen LogP contribution in [0.1, 0.15) is 18.3 Å². The van der Waals surface area contributed by atoms with Crippen molar-refractivity contribution in [1.29, 1.82) is 0 Å². The highest BCUT2D eigenvalue weighted by atomic mass is 19.4. The summed E-state index contributed by atoms with van der Waals surface area (Å²) in [6, 6.07) is 3.85. The van der Waals surface area contributed by atoms with Crippen molar-refractivity contribution in [3.05, 3.63) is 48.2 Å². The van der Waals surface area contributed by atoms with Crippen LogP contribution in [-0.2, 0) is 11.2 Å². The molecular formula is C18H17F3N4O4. The Bertz CT molecular complexity index is 950. The second kappa shape index (κ2) is 7.59. The number of nitrogens with zero attached hydrogens (tertiary/aromatic N) is 2. The minimum Gasteiger partial charge on any atom is -0.484 e. The van der Waals surface area contributed by atoms with Gasteiger partial charge in [0.1, 0.15) is 11.4 Å². The minimum absolute atomic E-state index is 0.00291. The molecule has 0 aliphatic carbocycles. The summed E-state index contributed by atoms with van der Waals surface area (Å²) in [6.45, 7) is 1.27. The molecule has 1 atom stereocenters. The maximum absolute atomic E-state index is 12.9. The number of aliphatic hydroxyl groups is 1. The Kier molecular flexibility index (Phi) is 5.33. The smallest absolute Gasteiger partial charge is 0.484 e. The molecule has 0 saturated heterocycles. The lowest BCUT2D eigenvalue weighted by Crippen LogP contribution is -2.34. The number of benzene rings is 1. The largest absolute Gasteiger partial charge is 0.573 e. The number of anilines is 1. The highest BCUT2D eigenvalue weighted by Gasteiger charge is 2.38. The topological polar surface area (TPSA) is 120 Å². The van der Waals surface area contributed by atoms with Crippen molar-refractivity contribution in [2.24, 2.45) is 5.73 Å². The van der Waals surface area contributed by atoms with Gasteiger partial charge in [0, 0.05) is 36.6 Å². The van der Waals surface area contributed by atoms with E-state index in [4.69, 9.17) is 10.5 Å². The van der Waals surface area contributed by atoms with Crippen LogP contribution >= 0.6 is 0 Å². The van der Waals surface area contributed by atoms with E-state index in [0.717, 1.165) is 12.3 Å². The molecule has 0 fully saturated rings. The Balaban J connectivity index is 1.95. The molecule has 1 aliphatic rings. The number of rotatable bonds is 5. The van der Waals surface area contributed by atoms with E-state index in [-0.39, 0.29) is 35.9 Å². The van der Waals surface area contributed by atoms with Gasteiger partial charge in [-0.25, -0.2) is 9.97 Å². The maximum Gasteiger partial charge on any atom is 0.573 e. The number of ether oxygens (including phenoxy) is 2. The van der Waals surface area contributed by atoms with Gasteiger partial charge in [-0.05, 0) is 19.1 Å². The second-order valence-electron chi connectivity index (χ2n) is 6.50. The van der Waals surface area contributed by atoms with Gasteiger partial charge < -0.3 is 25.6 Å². The monoisotopic (exact) mass is 410 g/mol. The molecule has 11 heteroatoms. The fourth-order valence-electron chi connectivity index (χ4n) is 2.82. The van der Waals surface area contributed by atoms with E-state index in [0.29, 0.717) is 5.56 Å². The summed E-state index contributed by atoms with van der Waals surface area (Å²) in [5, 5.41) is 11.8. The number of carbonyl (C=O) groups excluding carboxylic acids is 1. The quantitative estimate of drug-likeness (QED) is 0.645. The fraction of sp³-hybridized carbons (Fsp3) is 0.278. The van der Waals surface area contributed by atoms with E-state index < -0.39 is 23.6 Å². The van der Waals surface area contributed by atoms with Gasteiger partial charge in [-0.2, -0.15) is 0 Å². The molecule has 1 aromatic heterocycles. The van der Waals surface area contributed by atoms with Crippen LogP contribution in [0.4, 0.5) is 18.9 Å². The minimum atomic E-state index is -5.00. The fourth-order valence-corrected chi connectivity index (χ4v) is 2.82. The van der Waals surface area contributed by atoms with Gasteiger partial charge in [-0.1, -0.05) is 0 Å². The van der Waals surface area contributed by atoms with Gasteiger partial charge in [0.05, 0.1) is 17.9 Å². The number of alkyl halides is 3. The summed E-state index contributed by atoms with van der Waals surface area (Å²) >= 11 is 0. The maximum atomic E-state index is 12.9. The average Bonchev–Trinajstić information content (AvgIpc) is 2.98. The van der Waals surface area contributed by atoms with Crippen LogP contribution < -0.4 is 20.5 Å². The Morgan fingerprint density at radius 2 is 2.10 bits per heavy atom. The van der Waals surface area contributed by atoms with Crippen LogP contribution in [0, 0.1) is 0 Å². The molecule has 0 unspecified atom stereocenters. The Morgan fingerprint density at radius 1 is 1.41 bits per heavy atom. The Hall–Kier alpha value is -3.34. The molecule has 0 bridgehead atoms. The lowest BCUT2D eigenvalue weighted by atomic mass is 10.00. The molecular weight excluding hydrogens is 393 g/mol. The van der Waals surface area contributed by atoms with Crippen molar-refractivity contribution in [3.63, 3.8) is 0 Å². The number of hydrogen-bond acceptors (Lipinski definition) is 7. The number of aliphatic hydroxyl groups excluding tert-OH is 1. The van der Waals surface area contributed by atoms with E-state index in [9.17, 15) is 23.1 Å². The number of amides is 1. The zero-order chi connectivity index (χ0) is 21.2. The summed E-state index contributed by atoms with van der Waals surface area (Å²) in [5.74, 6) is -1.37. The number of aromatic nitrogens is 2. The Morgan fingerprint density at radius 3 is 2.69 bits per heavy atom. The number of fused-ring (bicyclic) bond motifs is 1. The first-order valence-corrected chi connectivity index (χ1v) is 8.37. The second-order valence-corrected chi connectivity index (χ2v) is 6.50.